The third kappa shape index (κ3) is 1.95. The van der Waals surface area contributed by atoms with E-state index in [9.17, 15) is 14.9 Å². The lowest BCUT2D eigenvalue weighted by molar-refractivity contribution is -0.385. The van der Waals surface area contributed by atoms with Crippen LogP contribution >= 0.6 is 0 Å². The summed E-state index contributed by atoms with van der Waals surface area (Å²) in [5.41, 5.74) is 2.28. The molecule has 0 amide bonds. The highest BCUT2D eigenvalue weighted by Crippen LogP contribution is 2.34. The molecule has 1 aliphatic rings. The van der Waals surface area contributed by atoms with E-state index in [0.29, 0.717) is 30.4 Å². The lowest BCUT2D eigenvalue weighted by Crippen LogP contribution is -2.16. The molecule has 0 atom stereocenters. The number of fused-ring (bicyclic) bond motifs is 1. The summed E-state index contributed by atoms with van der Waals surface area (Å²) >= 11 is 0. The van der Waals surface area contributed by atoms with Crippen LogP contribution in [-0.2, 0) is 6.42 Å². The zero-order valence-electron chi connectivity index (χ0n) is 10.0. The van der Waals surface area contributed by atoms with Crippen molar-refractivity contribution >= 4 is 11.5 Å². The first-order chi connectivity index (χ1) is 8.02. The van der Waals surface area contributed by atoms with Crippen LogP contribution in [0.25, 0.3) is 0 Å². The molecule has 90 valence electrons. The number of Topliss-reactive ketones (excluding diaryl/α,β-unsaturated/α-hetero) is 1. The van der Waals surface area contributed by atoms with E-state index in [2.05, 4.69) is 0 Å². The second-order valence-electron chi connectivity index (χ2n) is 4.72. The fraction of sp³-hybridized carbons (Fsp3) is 0.462. The van der Waals surface area contributed by atoms with E-state index in [-0.39, 0.29) is 22.3 Å². The van der Waals surface area contributed by atoms with Crippen molar-refractivity contribution in [3.8, 4) is 0 Å². The highest BCUT2D eigenvalue weighted by molar-refractivity contribution is 6.01. The molecule has 4 heteroatoms. The van der Waals surface area contributed by atoms with E-state index >= 15 is 0 Å². The van der Waals surface area contributed by atoms with Crippen molar-refractivity contribution in [2.75, 3.05) is 0 Å². The van der Waals surface area contributed by atoms with Crippen LogP contribution in [0.3, 0.4) is 0 Å². The Bertz CT molecular complexity index is 492. The Labute approximate surface area is 99.8 Å². The number of rotatable bonds is 2. The van der Waals surface area contributed by atoms with Gasteiger partial charge in [0.2, 0.25) is 0 Å². The summed E-state index contributed by atoms with van der Waals surface area (Å²) in [6.07, 6.45) is 1.86. The van der Waals surface area contributed by atoms with Crippen LogP contribution in [0.2, 0.25) is 0 Å². The summed E-state index contributed by atoms with van der Waals surface area (Å²) in [5.74, 6) is 0.269. The Balaban J connectivity index is 2.70. The molecule has 0 bridgehead atoms. The zero-order chi connectivity index (χ0) is 12.6. The Morgan fingerprint density at radius 3 is 2.59 bits per heavy atom. The van der Waals surface area contributed by atoms with Crippen LogP contribution in [0.1, 0.15) is 54.1 Å². The minimum atomic E-state index is -0.387. The maximum atomic E-state index is 12.0. The van der Waals surface area contributed by atoms with E-state index in [4.69, 9.17) is 0 Å². The van der Waals surface area contributed by atoms with E-state index < -0.39 is 0 Å². The van der Waals surface area contributed by atoms with Crippen LogP contribution in [0, 0.1) is 10.1 Å². The molecule has 1 aliphatic carbocycles. The van der Waals surface area contributed by atoms with Crippen molar-refractivity contribution in [1.29, 1.82) is 0 Å². The number of nitrogens with zero attached hydrogens (tertiary/aromatic N) is 1. The minimum absolute atomic E-state index is 0.0543. The summed E-state index contributed by atoms with van der Waals surface area (Å²) in [6.45, 7) is 4.01. The van der Waals surface area contributed by atoms with Crippen molar-refractivity contribution in [1.82, 2.24) is 0 Å². The molecule has 0 N–H and O–H groups in total. The van der Waals surface area contributed by atoms with Gasteiger partial charge in [0, 0.05) is 23.6 Å². The molecule has 2 rings (SSSR count). The van der Waals surface area contributed by atoms with Gasteiger partial charge >= 0.3 is 0 Å². The number of carbonyl (C=O) groups is 1. The van der Waals surface area contributed by atoms with Gasteiger partial charge < -0.3 is 0 Å². The number of benzene rings is 1. The Kier molecular flexibility index (Phi) is 2.96. The Morgan fingerprint density at radius 1 is 1.29 bits per heavy atom. The fourth-order valence-corrected chi connectivity index (χ4v) is 2.44. The van der Waals surface area contributed by atoms with Gasteiger partial charge in [0.1, 0.15) is 0 Å². The van der Waals surface area contributed by atoms with Gasteiger partial charge in [-0.2, -0.15) is 0 Å². The van der Waals surface area contributed by atoms with Gasteiger partial charge in [-0.3, -0.25) is 14.9 Å². The van der Waals surface area contributed by atoms with E-state index in [1.807, 2.05) is 13.8 Å². The molecule has 0 aromatic heterocycles. The molecular formula is C13H15NO3. The van der Waals surface area contributed by atoms with Crippen molar-refractivity contribution in [2.24, 2.45) is 0 Å². The first-order valence-electron chi connectivity index (χ1n) is 5.85. The van der Waals surface area contributed by atoms with E-state index in [1.54, 1.807) is 6.07 Å². The summed E-state index contributed by atoms with van der Waals surface area (Å²) in [6, 6.07) is 3.26. The van der Waals surface area contributed by atoms with Gasteiger partial charge in [0.25, 0.3) is 5.69 Å². The molecule has 0 heterocycles. The predicted octanol–water partition coefficient (Wildman–Crippen LogP) is 3.24. The van der Waals surface area contributed by atoms with Gasteiger partial charge in [0.05, 0.1) is 4.92 Å². The Hall–Kier alpha value is -1.71. The van der Waals surface area contributed by atoms with Crippen LogP contribution in [0.15, 0.2) is 12.1 Å². The third-order valence-corrected chi connectivity index (χ3v) is 3.25. The molecule has 17 heavy (non-hydrogen) atoms. The summed E-state index contributed by atoms with van der Waals surface area (Å²) < 4.78 is 0. The van der Waals surface area contributed by atoms with Crippen molar-refractivity contribution < 1.29 is 9.72 Å². The summed E-state index contributed by atoms with van der Waals surface area (Å²) in [4.78, 5) is 22.5. The number of nitro benzene ring substituents is 1. The zero-order valence-corrected chi connectivity index (χ0v) is 10.0. The van der Waals surface area contributed by atoms with Crippen LogP contribution in [-0.4, -0.2) is 10.7 Å². The fourth-order valence-electron chi connectivity index (χ4n) is 2.44. The lowest BCUT2D eigenvalue weighted by Gasteiger charge is -2.20. The van der Waals surface area contributed by atoms with Crippen LogP contribution in [0.4, 0.5) is 5.69 Å². The summed E-state index contributed by atoms with van der Waals surface area (Å²) in [7, 11) is 0. The van der Waals surface area contributed by atoms with Gasteiger partial charge in [-0.05, 0) is 24.3 Å². The first kappa shape index (κ1) is 11.8. The molecule has 0 fully saturated rings. The highest BCUT2D eigenvalue weighted by Gasteiger charge is 2.28. The van der Waals surface area contributed by atoms with Crippen LogP contribution in [0.5, 0.6) is 0 Å². The van der Waals surface area contributed by atoms with Crippen molar-refractivity contribution in [3.05, 3.63) is 38.9 Å². The van der Waals surface area contributed by atoms with E-state index in [0.717, 1.165) is 5.56 Å². The molecule has 1 aromatic carbocycles. The molecule has 0 spiro atoms. The predicted molar refractivity (Wildman–Crippen MR) is 64.5 cm³/mol. The number of hydrogen-bond donors (Lipinski definition) is 0. The second-order valence-corrected chi connectivity index (χ2v) is 4.72. The standard InChI is InChI=1S/C13H15NO3/c1-8(2)9-6-7-11(14(16)17)10-4-3-5-12(15)13(9)10/h6-8H,3-5H2,1-2H3. The number of ketones is 1. The molecule has 0 aliphatic heterocycles. The van der Waals surface area contributed by atoms with Gasteiger partial charge in [-0.15, -0.1) is 0 Å². The average Bonchev–Trinajstić information content (AvgIpc) is 2.27. The Morgan fingerprint density at radius 2 is 2.00 bits per heavy atom. The maximum absolute atomic E-state index is 12.0. The van der Waals surface area contributed by atoms with Crippen molar-refractivity contribution in [2.45, 2.75) is 39.0 Å². The third-order valence-electron chi connectivity index (χ3n) is 3.25. The number of nitro groups is 1. The van der Waals surface area contributed by atoms with Crippen LogP contribution < -0.4 is 0 Å². The topological polar surface area (TPSA) is 60.2 Å². The van der Waals surface area contributed by atoms with Gasteiger partial charge in [0.15, 0.2) is 5.78 Å². The number of carbonyl (C=O) groups excluding carboxylic acids is 1. The minimum Gasteiger partial charge on any atom is -0.294 e. The summed E-state index contributed by atoms with van der Waals surface area (Å²) in [5, 5.41) is 11.0. The second kappa shape index (κ2) is 4.28. The molecule has 0 saturated heterocycles. The molecular weight excluding hydrogens is 218 g/mol. The molecule has 0 unspecified atom stereocenters. The van der Waals surface area contributed by atoms with E-state index in [1.165, 1.54) is 6.07 Å². The van der Waals surface area contributed by atoms with Crippen molar-refractivity contribution in [3.63, 3.8) is 0 Å². The molecule has 0 radical (unpaired) electrons. The maximum Gasteiger partial charge on any atom is 0.273 e. The van der Waals surface area contributed by atoms with Gasteiger partial charge in [-0.25, -0.2) is 0 Å². The quantitative estimate of drug-likeness (QED) is 0.582. The normalized spacial score (nSPS) is 14.9. The largest absolute Gasteiger partial charge is 0.294 e. The monoisotopic (exact) mass is 233 g/mol. The number of hydrogen-bond acceptors (Lipinski definition) is 3. The average molecular weight is 233 g/mol. The smallest absolute Gasteiger partial charge is 0.273 e. The molecule has 1 aromatic rings. The SMILES string of the molecule is CC(C)c1ccc([N+](=O)[O-])c2c1C(=O)CCC2. The molecule has 4 nitrogen and oxygen atoms in total. The first-order valence-corrected chi connectivity index (χ1v) is 5.85. The highest BCUT2D eigenvalue weighted by atomic mass is 16.6. The lowest BCUT2D eigenvalue weighted by atomic mass is 9.83. The molecule has 0 saturated carbocycles. The van der Waals surface area contributed by atoms with Gasteiger partial charge in [-0.1, -0.05) is 19.9 Å².